The van der Waals surface area contributed by atoms with Gasteiger partial charge in [0.1, 0.15) is 6.04 Å². The van der Waals surface area contributed by atoms with Crippen molar-refractivity contribution >= 4 is 23.6 Å². The summed E-state index contributed by atoms with van der Waals surface area (Å²) in [5.74, 6) is -0.745. The molecule has 1 amide bonds. The molecule has 0 aromatic heterocycles. The molecule has 0 saturated carbocycles. The van der Waals surface area contributed by atoms with Gasteiger partial charge >= 0.3 is 5.97 Å². The normalized spacial score (nSPS) is 14.2. The van der Waals surface area contributed by atoms with Crippen LogP contribution in [0.3, 0.4) is 0 Å². The SMILES string of the molecule is CSCCC(NC(=O)C(C)CCN)C(=O)O. The molecule has 0 radical (unpaired) electrons. The van der Waals surface area contributed by atoms with Crippen molar-refractivity contribution < 1.29 is 14.7 Å². The van der Waals surface area contributed by atoms with E-state index in [1.54, 1.807) is 18.7 Å². The van der Waals surface area contributed by atoms with Gasteiger partial charge < -0.3 is 16.2 Å². The van der Waals surface area contributed by atoms with Gasteiger partial charge in [-0.15, -0.1) is 0 Å². The van der Waals surface area contributed by atoms with Gasteiger partial charge in [-0.05, 0) is 31.4 Å². The molecular formula is C10H20N2O3S. The number of carboxylic acids is 1. The third-order valence-electron chi connectivity index (χ3n) is 2.27. The van der Waals surface area contributed by atoms with E-state index in [2.05, 4.69) is 5.32 Å². The molecule has 0 aliphatic carbocycles. The van der Waals surface area contributed by atoms with Gasteiger partial charge in [-0.3, -0.25) is 4.79 Å². The van der Waals surface area contributed by atoms with Crippen LogP contribution in [-0.4, -0.2) is 41.6 Å². The maximum atomic E-state index is 11.6. The van der Waals surface area contributed by atoms with Crippen LogP contribution in [0.25, 0.3) is 0 Å². The van der Waals surface area contributed by atoms with Gasteiger partial charge in [-0.1, -0.05) is 6.92 Å². The van der Waals surface area contributed by atoms with Gasteiger partial charge in [0.25, 0.3) is 0 Å². The zero-order valence-corrected chi connectivity index (χ0v) is 10.5. The molecule has 0 fully saturated rings. The van der Waals surface area contributed by atoms with Crippen LogP contribution in [0, 0.1) is 5.92 Å². The van der Waals surface area contributed by atoms with Gasteiger partial charge in [-0.2, -0.15) is 11.8 Å². The Labute approximate surface area is 100 Å². The lowest BCUT2D eigenvalue weighted by Gasteiger charge is -2.17. The number of rotatable bonds is 8. The van der Waals surface area contributed by atoms with E-state index in [1.807, 2.05) is 6.26 Å². The molecule has 2 unspecified atom stereocenters. The molecule has 5 nitrogen and oxygen atoms in total. The fourth-order valence-corrected chi connectivity index (χ4v) is 1.66. The highest BCUT2D eigenvalue weighted by Crippen LogP contribution is 2.04. The summed E-state index contributed by atoms with van der Waals surface area (Å²) in [6.07, 6.45) is 2.91. The first-order valence-corrected chi connectivity index (χ1v) is 6.64. The van der Waals surface area contributed by atoms with Crippen LogP contribution in [0.5, 0.6) is 0 Å². The standard InChI is InChI=1S/C10H20N2O3S/c1-7(3-5-11)9(13)12-8(10(14)15)4-6-16-2/h7-8H,3-6,11H2,1-2H3,(H,12,13)(H,14,15). The lowest BCUT2D eigenvalue weighted by atomic mass is 10.1. The predicted molar refractivity (Wildman–Crippen MR) is 65.4 cm³/mol. The molecular weight excluding hydrogens is 228 g/mol. The molecule has 94 valence electrons. The van der Waals surface area contributed by atoms with Crippen molar-refractivity contribution in [3.8, 4) is 0 Å². The zero-order chi connectivity index (χ0) is 12.6. The first-order chi connectivity index (χ1) is 7.52. The third-order valence-corrected chi connectivity index (χ3v) is 2.92. The second-order valence-electron chi connectivity index (χ2n) is 3.66. The summed E-state index contributed by atoms with van der Waals surface area (Å²) in [7, 11) is 0. The van der Waals surface area contributed by atoms with Crippen LogP contribution in [0.2, 0.25) is 0 Å². The van der Waals surface area contributed by atoms with E-state index < -0.39 is 12.0 Å². The summed E-state index contributed by atoms with van der Waals surface area (Å²) in [4.78, 5) is 22.4. The molecule has 0 spiro atoms. The fourth-order valence-electron chi connectivity index (χ4n) is 1.19. The van der Waals surface area contributed by atoms with Crippen molar-refractivity contribution in [3.05, 3.63) is 0 Å². The molecule has 0 aromatic rings. The number of nitrogens with one attached hydrogen (secondary N) is 1. The lowest BCUT2D eigenvalue weighted by Crippen LogP contribution is -2.43. The molecule has 0 aliphatic heterocycles. The average molecular weight is 248 g/mol. The van der Waals surface area contributed by atoms with Crippen molar-refractivity contribution in [3.63, 3.8) is 0 Å². The molecule has 4 N–H and O–H groups in total. The van der Waals surface area contributed by atoms with Gasteiger partial charge in [0.2, 0.25) is 5.91 Å². The summed E-state index contributed by atoms with van der Waals surface area (Å²) in [6.45, 7) is 2.17. The monoisotopic (exact) mass is 248 g/mol. The topological polar surface area (TPSA) is 92.4 Å². The van der Waals surface area contributed by atoms with Crippen LogP contribution >= 0.6 is 11.8 Å². The first-order valence-electron chi connectivity index (χ1n) is 5.25. The van der Waals surface area contributed by atoms with Gasteiger partial charge in [0.15, 0.2) is 0 Å². The summed E-state index contributed by atoms with van der Waals surface area (Å²) in [5.41, 5.74) is 5.34. The number of hydrogen-bond donors (Lipinski definition) is 3. The van der Waals surface area contributed by atoms with E-state index in [4.69, 9.17) is 10.8 Å². The van der Waals surface area contributed by atoms with Crippen molar-refractivity contribution in [2.45, 2.75) is 25.8 Å². The minimum atomic E-state index is -0.984. The Bertz CT molecular complexity index is 236. The van der Waals surface area contributed by atoms with Crippen molar-refractivity contribution in [1.82, 2.24) is 5.32 Å². The van der Waals surface area contributed by atoms with Crippen LogP contribution in [0.15, 0.2) is 0 Å². The number of aliphatic carboxylic acids is 1. The van der Waals surface area contributed by atoms with E-state index in [9.17, 15) is 9.59 Å². The largest absolute Gasteiger partial charge is 0.480 e. The van der Waals surface area contributed by atoms with E-state index in [0.717, 1.165) is 0 Å². The lowest BCUT2D eigenvalue weighted by molar-refractivity contribution is -0.142. The summed E-state index contributed by atoms with van der Waals surface area (Å²) in [5, 5.41) is 11.4. The van der Waals surface area contributed by atoms with Crippen molar-refractivity contribution in [1.29, 1.82) is 0 Å². The maximum Gasteiger partial charge on any atom is 0.326 e. The van der Waals surface area contributed by atoms with E-state index in [-0.39, 0.29) is 11.8 Å². The summed E-state index contributed by atoms with van der Waals surface area (Å²) >= 11 is 1.56. The highest BCUT2D eigenvalue weighted by Gasteiger charge is 2.21. The van der Waals surface area contributed by atoms with E-state index in [0.29, 0.717) is 25.1 Å². The molecule has 0 rings (SSSR count). The van der Waals surface area contributed by atoms with E-state index in [1.165, 1.54) is 0 Å². The number of carbonyl (C=O) groups is 2. The van der Waals surface area contributed by atoms with Crippen LogP contribution in [0.4, 0.5) is 0 Å². The molecule has 6 heteroatoms. The second kappa shape index (κ2) is 8.41. The quantitative estimate of drug-likeness (QED) is 0.574. The Morgan fingerprint density at radius 3 is 2.50 bits per heavy atom. The van der Waals surface area contributed by atoms with Crippen LogP contribution in [-0.2, 0) is 9.59 Å². The fraction of sp³-hybridized carbons (Fsp3) is 0.800. The summed E-state index contributed by atoms with van der Waals surface area (Å²) in [6, 6.07) is -0.792. The van der Waals surface area contributed by atoms with Crippen LogP contribution < -0.4 is 11.1 Å². The smallest absolute Gasteiger partial charge is 0.326 e. The van der Waals surface area contributed by atoms with Crippen LogP contribution in [0.1, 0.15) is 19.8 Å². The van der Waals surface area contributed by atoms with Gasteiger partial charge in [0.05, 0.1) is 0 Å². The number of hydrogen-bond acceptors (Lipinski definition) is 4. The van der Waals surface area contributed by atoms with Gasteiger partial charge in [-0.25, -0.2) is 4.79 Å². The molecule has 0 aliphatic rings. The minimum absolute atomic E-state index is 0.235. The third kappa shape index (κ3) is 5.97. The predicted octanol–water partition coefficient (Wildman–Crippen LogP) is 0.294. The van der Waals surface area contributed by atoms with E-state index >= 15 is 0 Å². The molecule has 0 bridgehead atoms. The maximum absolute atomic E-state index is 11.6. The molecule has 0 heterocycles. The highest BCUT2D eigenvalue weighted by atomic mass is 32.2. The Morgan fingerprint density at radius 2 is 2.06 bits per heavy atom. The highest BCUT2D eigenvalue weighted by molar-refractivity contribution is 7.98. The van der Waals surface area contributed by atoms with Crippen molar-refractivity contribution in [2.24, 2.45) is 11.7 Å². The first kappa shape index (κ1) is 15.2. The molecule has 0 saturated heterocycles. The van der Waals surface area contributed by atoms with Crippen molar-refractivity contribution in [2.75, 3.05) is 18.6 Å². The number of amides is 1. The Balaban J connectivity index is 4.17. The Kier molecular flexibility index (Phi) is 8.01. The number of carbonyl (C=O) groups excluding carboxylic acids is 1. The zero-order valence-electron chi connectivity index (χ0n) is 9.73. The Hall–Kier alpha value is -0.750. The molecule has 2 atom stereocenters. The number of nitrogens with two attached hydrogens (primary N) is 1. The summed E-state index contributed by atoms with van der Waals surface area (Å²) < 4.78 is 0. The molecule has 16 heavy (non-hydrogen) atoms. The number of carboxylic acid groups (broad SMARTS) is 1. The van der Waals surface area contributed by atoms with Gasteiger partial charge in [0, 0.05) is 5.92 Å². The second-order valence-corrected chi connectivity index (χ2v) is 4.64. The number of thioether (sulfide) groups is 1. The Morgan fingerprint density at radius 1 is 1.44 bits per heavy atom. The average Bonchev–Trinajstić information content (AvgIpc) is 2.23. The molecule has 0 aromatic carbocycles. The minimum Gasteiger partial charge on any atom is -0.480 e.